The molecule has 1 heterocycles. The maximum Gasteiger partial charge on any atom is 0.187 e. The number of ketones is 1. The average molecular weight is 338 g/mol. The molecule has 2 N–H and O–H groups in total. The van der Waals surface area contributed by atoms with E-state index in [-0.39, 0.29) is 12.2 Å². The minimum absolute atomic E-state index is 0.0327. The third-order valence-corrected chi connectivity index (χ3v) is 3.68. The number of carbonyl (C=O) groups excluding carboxylic acids is 1. The van der Waals surface area contributed by atoms with E-state index in [0.717, 1.165) is 15.8 Å². The monoisotopic (exact) mass is 337 g/mol. The van der Waals surface area contributed by atoms with Crippen LogP contribution in [-0.2, 0) is 13.0 Å². The van der Waals surface area contributed by atoms with E-state index in [1.807, 2.05) is 22.8 Å². The van der Waals surface area contributed by atoms with Gasteiger partial charge in [0.05, 0.1) is 13.4 Å². The van der Waals surface area contributed by atoms with Gasteiger partial charge in [0.15, 0.2) is 5.78 Å². The molecular formula is C14H16BrN3O2. The standard InChI is InChI=1S/C14H16BrN3O2/c1-20-11-2-3-12(15)10(6-11)7-14(19)13-8-18(5-4-16)9-17-13/h2-3,6,8-9H,4-5,7,16H2,1H3. The lowest BCUT2D eigenvalue weighted by molar-refractivity contribution is 0.0988. The number of rotatable bonds is 6. The van der Waals surface area contributed by atoms with Crippen molar-refractivity contribution in [2.45, 2.75) is 13.0 Å². The zero-order chi connectivity index (χ0) is 14.5. The van der Waals surface area contributed by atoms with Gasteiger partial charge in [0, 0.05) is 30.2 Å². The second kappa shape index (κ2) is 6.67. The average Bonchev–Trinajstić information content (AvgIpc) is 2.90. The summed E-state index contributed by atoms with van der Waals surface area (Å²) in [5.74, 6) is 0.694. The van der Waals surface area contributed by atoms with Crippen molar-refractivity contribution in [2.75, 3.05) is 13.7 Å². The predicted octanol–water partition coefficient (Wildman–Crippen LogP) is 2.04. The molecule has 0 saturated carbocycles. The van der Waals surface area contributed by atoms with Crippen molar-refractivity contribution in [1.29, 1.82) is 0 Å². The molecule has 1 aromatic heterocycles. The van der Waals surface area contributed by atoms with Gasteiger partial charge in [0.25, 0.3) is 0 Å². The molecule has 0 saturated heterocycles. The quantitative estimate of drug-likeness (QED) is 0.819. The van der Waals surface area contributed by atoms with Crippen LogP contribution >= 0.6 is 15.9 Å². The largest absolute Gasteiger partial charge is 0.497 e. The van der Waals surface area contributed by atoms with E-state index < -0.39 is 0 Å². The van der Waals surface area contributed by atoms with Crippen LogP contribution in [0.25, 0.3) is 0 Å². The van der Waals surface area contributed by atoms with Crippen LogP contribution in [0.4, 0.5) is 0 Å². The van der Waals surface area contributed by atoms with E-state index in [2.05, 4.69) is 20.9 Å². The molecule has 106 valence electrons. The molecule has 0 unspecified atom stereocenters. The first-order chi connectivity index (χ1) is 9.63. The summed E-state index contributed by atoms with van der Waals surface area (Å²) < 4.78 is 7.86. The Balaban J connectivity index is 2.14. The molecular weight excluding hydrogens is 322 g/mol. The highest BCUT2D eigenvalue weighted by molar-refractivity contribution is 9.10. The molecule has 6 heteroatoms. The molecule has 20 heavy (non-hydrogen) atoms. The van der Waals surface area contributed by atoms with Gasteiger partial charge in [0.1, 0.15) is 11.4 Å². The lowest BCUT2D eigenvalue weighted by Crippen LogP contribution is -2.08. The number of carbonyl (C=O) groups is 1. The minimum atomic E-state index is -0.0327. The SMILES string of the molecule is COc1ccc(Br)c(CC(=O)c2cn(CCN)cn2)c1. The number of halogens is 1. The molecule has 5 nitrogen and oxygen atoms in total. The highest BCUT2D eigenvalue weighted by Gasteiger charge is 2.13. The van der Waals surface area contributed by atoms with Gasteiger partial charge in [-0.05, 0) is 23.8 Å². The summed E-state index contributed by atoms with van der Waals surface area (Å²) in [5, 5.41) is 0. The number of nitrogens with two attached hydrogens (primary N) is 1. The first-order valence-corrected chi connectivity index (χ1v) is 7.00. The van der Waals surface area contributed by atoms with Gasteiger partial charge in [-0.2, -0.15) is 0 Å². The van der Waals surface area contributed by atoms with Crippen LogP contribution in [0.5, 0.6) is 5.75 Å². The predicted molar refractivity (Wildman–Crippen MR) is 80.0 cm³/mol. The molecule has 0 aliphatic carbocycles. The molecule has 0 amide bonds. The molecule has 1 aromatic carbocycles. The van der Waals surface area contributed by atoms with Crippen molar-refractivity contribution in [3.63, 3.8) is 0 Å². The Labute approximate surface area is 125 Å². The smallest absolute Gasteiger partial charge is 0.187 e. The van der Waals surface area contributed by atoms with Gasteiger partial charge < -0.3 is 15.0 Å². The second-order valence-electron chi connectivity index (χ2n) is 4.34. The Morgan fingerprint density at radius 2 is 2.30 bits per heavy atom. The normalized spacial score (nSPS) is 10.6. The number of hydrogen-bond acceptors (Lipinski definition) is 4. The number of hydrogen-bond donors (Lipinski definition) is 1. The lowest BCUT2D eigenvalue weighted by Gasteiger charge is -2.06. The first-order valence-electron chi connectivity index (χ1n) is 6.21. The maximum absolute atomic E-state index is 12.2. The first kappa shape index (κ1) is 14.7. The number of aromatic nitrogens is 2. The summed E-state index contributed by atoms with van der Waals surface area (Å²) in [6, 6.07) is 5.56. The van der Waals surface area contributed by atoms with Crippen molar-refractivity contribution in [3.05, 3.63) is 46.5 Å². The molecule has 0 atom stereocenters. The highest BCUT2D eigenvalue weighted by atomic mass is 79.9. The van der Waals surface area contributed by atoms with Crippen molar-refractivity contribution in [1.82, 2.24) is 9.55 Å². The Kier molecular flexibility index (Phi) is 4.92. The number of Topliss-reactive ketones (excluding diaryl/α,β-unsaturated/α-hetero) is 1. The summed E-state index contributed by atoms with van der Waals surface area (Å²) in [6.45, 7) is 1.18. The van der Waals surface area contributed by atoms with Crippen LogP contribution < -0.4 is 10.5 Å². The summed E-state index contributed by atoms with van der Waals surface area (Å²) in [6.07, 6.45) is 3.63. The summed E-state index contributed by atoms with van der Waals surface area (Å²) in [4.78, 5) is 16.3. The Morgan fingerprint density at radius 1 is 1.50 bits per heavy atom. The van der Waals surface area contributed by atoms with E-state index in [0.29, 0.717) is 18.8 Å². The highest BCUT2D eigenvalue weighted by Crippen LogP contribution is 2.23. The van der Waals surface area contributed by atoms with Crippen molar-refractivity contribution >= 4 is 21.7 Å². The van der Waals surface area contributed by atoms with Crippen molar-refractivity contribution < 1.29 is 9.53 Å². The fourth-order valence-corrected chi connectivity index (χ4v) is 2.24. The number of methoxy groups -OCH3 is 1. The Hall–Kier alpha value is -1.66. The lowest BCUT2D eigenvalue weighted by atomic mass is 10.1. The van der Waals surface area contributed by atoms with Crippen molar-refractivity contribution in [2.24, 2.45) is 5.73 Å². The maximum atomic E-state index is 12.2. The fraction of sp³-hybridized carbons (Fsp3) is 0.286. The van der Waals surface area contributed by atoms with Crippen LogP contribution in [0.1, 0.15) is 16.1 Å². The summed E-state index contributed by atoms with van der Waals surface area (Å²) >= 11 is 3.44. The van der Waals surface area contributed by atoms with Crippen molar-refractivity contribution in [3.8, 4) is 5.75 Å². The molecule has 2 aromatic rings. The Morgan fingerprint density at radius 3 is 3.00 bits per heavy atom. The number of ether oxygens (including phenoxy) is 1. The second-order valence-corrected chi connectivity index (χ2v) is 5.20. The third-order valence-electron chi connectivity index (χ3n) is 2.91. The van der Waals surface area contributed by atoms with Crippen LogP contribution in [0, 0.1) is 0 Å². The van der Waals surface area contributed by atoms with E-state index in [9.17, 15) is 4.79 Å². The fourth-order valence-electron chi connectivity index (χ4n) is 1.85. The summed E-state index contributed by atoms with van der Waals surface area (Å²) in [7, 11) is 1.60. The Bertz CT molecular complexity index is 610. The number of imidazole rings is 1. The third kappa shape index (κ3) is 3.46. The van der Waals surface area contributed by atoms with Gasteiger partial charge in [-0.1, -0.05) is 15.9 Å². The number of benzene rings is 1. The van der Waals surface area contributed by atoms with Gasteiger partial charge in [0.2, 0.25) is 0 Å². The zero-order valence-corrected chi connectivity index (χ0v) is 12.8. The summed E-state index contributed by atoms with van der Waals surface area (Å²) in [5.41, 5.74) is 6.80. The molecule has 0 spiro atoms. The van der Waals surface area contributed by atoms with Crippen LogP contribution in [-0.4, -0.2) is 29.0 Å². The zero-order valence-electron chi connectivity index (χ0n) is 11.2. The topological polar surface area (TPSA) is 70.1 Å². The molecule has 0 aliphatic heterocycles. The van der Waals surface area contributed by atoms with Gasteiger partial charge in [-0.15, -0.1) is 0 Å². The molecule has 0 radical (unpaired) electrons. The van der Waals surface area contributed by atoms with E-state index in [1.54, 1.807) is 19.6 Å². The number of nitrogens with zero attached hydrogens (tertiary/aromatic N) is 2. The van der Waals surface area contributed by atoms with Gasteiger partial charge in [-0.25, -0.2) is 4.98 Å². The molecule has 0 aliphatic rings. The van der Waals surface area contributed by atoms with Gasteiger partial charge in [-0.3, -0.25) is 4.79 Å². The molecule has 0 fully saturated rings. The van der Waals surface area contributed by atoms with E-state index in [1.165, 1.54) is 0 Å². The minimum Gasteiger partial charge on any atom is -0.497 e. The van der Waals surface area contributed by atoms with Crippen LogP contribution in [0.2, 0.25) is 0 Å². The van der Waals surface area contributed by atoms with Crippen LogP contribution in [0.15, 0.2) is 35.2 Å². The van der Waals surface area contributed by atoms with E-state index in [4.69, 9.17) is 10.5 Å². The molecule has 2 rings (SSSR count). The van der Waals surface area contributed by atoms with Crippen LogP contribution in [0.3, 0.4) is 0 Å². The van der Waals surface area contributed by atoms with Gasteiger partial charge >= 0.3 is 0 Å². The molecule has 0 bridgehead atoms. The van der Waals surface area contributed by atoms with E-state index >= 15 is 0 Å².